The van der Waals surface area contributed by atoms with Gasteiger partial charge in [0.2, 0.25) is 11.8 Å². The molecule has 0 aromatic heterocycles. The second-order valence-corrected chi connectivity index (χ2v) is 4.23. The van der Waals surface area contributed by atoms with E-state index in [1.54, 1.807) is 12.1 Å². The first-order chi connectivity index (χ1) is 8.58. The summed E-state index contributed by atoms with van der Waals surface area (Å²) in [5, 5.41) is 8.76. The molecule has 5 nitrogen and oxygen atoms in total. The smallest absolute Gasteiger partial charge is 0.335 e. The predicted molar refractivity (Wildman–Crippen MR) is 62.8 cm³/mol. The Hall–Kier alpha value is -2.17. The molecule has 2 rings (SSSR count). The van der Waals surface area contributed by atoms with E-state index in [1.165, 1.54) is 17.0 Å². The molecule has 0 saturated carbocycles. The van der Waals surface area contributed by atoms with Gasteiger partial charge in [-0.3, -0.25) is 14.5 Å². The number of likely N-dealkylation sites (tertiary alicyclic amines) is 1. The van der Waals surface area contributed by atoms with Crippen LogP contribution in [0.15, 0.2) is 24.3 Å². The van der Waals surface area contributed by atoms with Gasteiger partial charge in [-0.05, 0) is 24.1 Å². The number of carboxylic acids is 1. The lowest BCUT2D eigenvalue weighted by atomic mass is 10.1. The fourth-order valence-electron chi connectivity index (χ4n) is 1.91. The van der Waals surface area contributed by atoms with E-state index in [2.05, 4.69) is 0 Å². The van der Waals surface area contributed by atoms with Crippen LogP contribution in [0.3, 0.4) is 0 Å². The number of carbonyl (C=O) groups is 3. The summed E-state index contributed by atoms with van der Waals surface area (Å²) < 4.78 is 0. The van der Waals surface area contributed by atoms with Gasteiger partial charge in [0, 0.05) is 12.8 Å². The van der Waals surface area contributed by atoms with Gasteiger partial charge in [0.15, 0.2) is 0 Å². The zero-order valence-corrected chi connectivity index (χ0v) is 9.76. The van der Waals surface area contributed by atoms with Gasteiger partial charge in [-0.1, -0.05) is 12.1 Å². The Labute approximate surface area is 104 Å². The second-order valence-electron chi connectivity index (χ2n) is 4.23. The molecule has 0 unspecified atom stereocenters. The Morgan fingerprint density at radius 3 is 2.17 bits per heavy atom. The van der Waals surface area contributed by atoms with Gasteiger partial charge < -0.3 is 5.11 Å². The molecule has 0 radical (unpaired) electrons. The lowest BCUT2D eigenvalue weighted by Crippen LogP contribution is -2.39. The van der Waals surface area contributed by atoms with Gasteiger partial charge in [-0.15, -0.1) is 0 Å². The summed E-state index contributed by atoms with van der Waals surface area (Å²) in [7, 11) is 0. The summed E-state index contributed by atoms with van der Waals surface area (Å²) >= 11 is 0. The Kier molecular flexibility index (Phi) is 3.41. The zero-order chi connectivity index (χ0) is 13.1. The van der Waals surface area contributed by atoms with Crippen molar-refractivity contribution in [3.63, 3.8) is 0 Å². The van der Waals surface area contributed by atoms with E-state index in [-0.39, 0.29) is 23.9 Å². The third-order valence-corrected chi connectivity index (χ3v) is 2.92. The summed E-state index contributed by atoms with van der Waals surface area (Å²) in [5.41, 5.74) is 0.943. The molecule has 1 fully saturated rings. The normalized spacial score (nSPS) is 15.9. The van der Waals surface area contributed by atoms with E-state index in [9.17, 15) is 14.4 Å². The number of imide groups is 1. The highest BCUT2D eigenvalue weighted by molar-refractivity contribution is 5.97. The maximum absolute atomic E-state index is 11.6. The lowest BCUT2D eigenvalue weighted by molar-refractivity contribution is -0.148. The molecule has 0 bridgehead atoms. The number of aromatic carboxylic acids is 1. The standard InChI is InChI=1S/C13H13NO4/c15-11-2-1-3-12(16)14(11)8-9-4-6-10(7-5-9)13(17)18/h4-7H,1-3,8H2,(H,17,18). The molecule has 5 heteroatoms. The number of rotatable bonds is 3. The van der Waals surface area contributed by atoms with Gasteiger partial charge >= 0.3 is 5.97 Å². The van der Waals surface area contributed by atoms with Gasteiger partial charge in [0.25, 0.3) is 0 Å². The van der Waals surface area contributed by atoms with E-state index in [1.807, 2.05) is 0 Å². The molecule has 1 aliphatic rings. The van der Waals surface area contributed by atoms with Crippen molar-refractivity contribution in [3.05, 3.63) is 35.4 Å². The fourth-order valence-corrected chi connectivity index (χ4v) is 1.91. The van der Waals surface area contributed by atoms with Crippen LogP contribution in [0.5, 0.6) is 0 Å². The summed E-state index contributed by atoms with van der Waals surface area (Å²) in [5.74, 6) is -1.31. The van der Waals surface area contributed by atoms with Crippen LogP contribution < -0.4 is 0 Å². The summed E-state index contributed by atoms with van der Waals surface area (Å²) in [4.78, 5) is 35.1. The molecular weight excluding hydrogens is 234 g/mol. The average molecular weight is 247 g/mol. The molecule has 1 aliphatic heterocycles. The van der Waals surface area contributed by atoms with Crippen molar-refractivity contribution >= 4 is 17.8 Å². The summed E-state index contributed by atoms with van der Waals surface area (Å²) in [6.45, 7) is 0.220. The van der Waals surface area contributed by atoms with E-state index in [0.29, 0.717) is 19.3 Å². The van der Waals surface area contributed by atoms with Crippen LogP contribution in [-0.4, -0.2) is 27.8 Å². The number of amides is 2. The van der Waals surface area contributed by atoms with E-state index >= 15 is 0 Å². The van der Waals surface area contributed by atoms with Crippen LogP contribution >= 0.6 is 0 Å². The molecule has 18 heavy (non-hydrogen) atoms. The topological polar surface area (TPSA) is 74.7 Å². The van der Waals surface area contributed by atoms with Gasteiger partial charge in [0.05, 0.1) is 12.1 Å². The molecule has 1 aromatic carbocycles. The molecule has 1 aromatic rings. The minimum absolute atomic E-state index is 0.159. The molecule has 1 heterocycles. The van der Waals surface area contributed by atoms with Crippen molar-refractivity contribution in [2.45, 2.75) is 25.8 Å². The Morgan fingerprint density at radius 2 is 1.67 bits per heavy atom. The molecule has 1 N–H and O–H groups in total. The predicted octanol–water partition coefficient (Wildman–Crippen LogP) is 1.42. The van der Waals surface area contributed by atoms with Gasteiger partial charge in [-0.2, -0.15) is 0 Å². The quantitative estimate of drug-likeness (QED) is 0.820. The molecule has 1 saturated heterocycles. The third-order valence-electron chi connectivity index (χ3n) is 2.92. The second kappa shape index (κ2) is 5.00. The number of benzene rings is 1. The Morgan fingerprint density at radius 1 is 1.11 bits per heavy atom. The highest BCUT2D eigenvalue weighted by Gasteiger charge is 2.25. The SMILES string of the molecule is O=C(O)c1ccc(CN2C(=O)CCCC2=O)cc1. The van der Waals surface area contributed by atoms with Crippen molar-refractivity contribution in [1.82, 2.24) is 4.90 Å². The molecule has 0 aliphatic carbocycles. The van der Waals surface area contributed by atoms with E-state index in [4.69, 9.17) is 5.11 Å². The van der Waals surface area contributed by atoms with Crippen molar-refractivity contribution < 1.29 is 19.5 Å². The Bertz CT molecular complexity index is 476. The van der Waals surface area contributed by atoms with Gasteiger partial charge in [0.1, 0.15) is 0 Å². The molecular formula is C13H13NO4. The number of nitrogens with zero attached hydrogens (tertiary/aromatic N) is 1. The van der Waals surface area contributed by atoms with Crippen LogP contribution in [-0.2, 0) is 16.1 Å². The largest absolute Gasteiger partial charge is 0.478 e. The highest BCUT2D eigenvalue weighted by Crippen LogP contribution is 2.16. The number of carboxylic acid groups (broad SMARTS) is 1. The lowest BCUT2D eigenvalue weighted by Gasteiger charge is -2.24. The first-order valence-electron chi connectivity index (χ1n) is 5.73. The number of hydrogen-bond acceptors (Lipinski definition) is 3. The van der Waals surface area contributed by atoms with Crippen molar-refractivity contribution in [2.24, 2.45) is 0 Å². The summed E-state index contributed by atoms with van der Waals surface area (Å²) in [6.07, 6.45) is 1.42. The maximum Gasteiger partial charge on any atom is 0.335 e. The maximum atomic E-state index is 11.6. The monoisotopic (exact) mass is 247 g/mol. The molecule has 94 valence electrons. The fraction of sp³-hybridized carbons (Fsp3) is 0.308. The van der Waals surface area contributed by atoms with Crippen molar-refractivity contribution in [3.8, 4) is 0 Å². The first-order valence-corrected chi connectivity index (χ1v) is 5.73. The number of hydrogen-bond donors (Lipinski definition) is 1. The minimum Gasteiger partial charge on any atom is -0.478 e. The molecule has 0 atom stereocenters. The first kappa shape index (κ1) is 12.3. The number of piperidine rings is 1. The molecule has 2 amide bonds. The average Bonchev–Trinajstić information content (AvgIpc) is 2.34. The summed E-state index contributed by atoms with van der Waals surface area (Å²) in [6, 6.07) is 6.18. The number of carbonyl (C=O) groups excluding carboxylic acids is 2. The van der Waals surface area contributed by atoms with Crippen LogP contribution in [0.25, 0.3) is 0 Å². The van der Waals surface area contributed by atoms with Crippen LogP contribution in [0.2, 0.25) is 0 Å². The zero-order valence-electron chi connectivity index (χ0n) is 9.76. The van der Waals surface area contributed by atoms with Gasteiger partial charge in [-0.25, -0.2) is 4.79 Å². The Balaban J connectivity index is 2.11. The molecule has 0 spiro atoms. The van der Waals surface area contributed by atoms with Crippen molar-refractivity contribution in [2.75, 3.05) is 0 Å². The van der Waals surface area contributed by atoms with E-state index < -0.39 is 5.97 Å². The minimum atomic E-state index is -0.994. The van der Waals surface area contributed by atoms with E-state index in [0.717, 1.165) is 5.56 Å². The van der Waals surface area contributed by atoms with Crippen LogP contribution in [0.4, 0.5) is 0 Å². The van der Waals surface area contributed by atoms with Crippen LogP contribution in [0, 0.1) is 0 Å². The highest BCUT2D eigenvalue weighted by atomic mass is 16.4. The van der Waals surface area contributed by atoms with Crippen LogP contribution in [0.1, 0.15) is 35.2 Å². The van der Waals surface area contributed by atoms with Crippen molar-refractivity contribution in [1.29, 1.82) is 0 Å². The third kappa shape index (κ3) is 2.56.